The molecule has 0 bridgehead atoms. The summed E-state index contributed by atoms with van der Waals surface area (Å²) >= 11 is 0. The second-order valence-electron chi connectivity index (χ2n) is 5.69. The van der Waals surface area contributed by atoms with Crippen molar-refractivity contribution in [3.8, 4) is 11.5 Å². The lowest BCUT2D eigenvalue weighted by atomic mass is 9.94. The molecule has 138 valence electrons. The fraction of sp³-hybridized carbons (Fsp3) is 0.529. The Bertz CT molecular complexity index is 601. The molecule has 1 saturated heterocycles. The third kappa shape index (κ3) is 5.25. The number of hydrogen-bond donors (Lipinski definition) is 3. The van der Waals surface area contributed by atoms with Gasteiger partial charge in [0.2, 0.25) is 0 Å². The van der Waals surface area contributed by atoms with Crippen LogP contribution < -0.4 is 20.1 Å². The fourth-order valence-corrected chi connectivity index (χ4v) is 2.74. The van der Waals surface area contributed by atoms with Crippen LogP contribution >= 0.6 is 0 Å². The first-order valence-corrected chi connectivity index (χ1v) is 8.24. The largest absolute Gasteiger partial charge is 0.493 e. The highest BCUT2D eigenvalue weighted by molar-refractivity contribution is 5.92. The Hall–Kier alpha value is -2.48. The van der Waals surface area contributed by atoms with Gasteiger partial charge in [0.1, 0.15) is 6.04 Å². The molecule has 1 aromatic rings. The van der Waals surface area contributed by atoms with Crippen LogP contribution in [0.5, 0.6) is 11.5 Å². The number of carboxylic acids is 1. The van der Waals surface area contributed by atoms with Gasteiger partial charge in [-0.25, -0.2) is 9.59 Å². The van der Waals surface area contributed by atoms with Crippen molar-refractivity contribution in [3.63, 3.8) is 0 Å². The number of ether oxygens (including phenoxy) is 3. The number of amides is 2. The molecule has 1 heterocycles. The molecule has 0 unspecified atom stereocenters. The average Bonchev–Trinajstić information content (AvgIpc) is 2.61. The Morgan fingerprint density at radius 2 is 2.20 bits per heavy atom. The lowest BCUT2D eigenvalue weighted by Gasteiger charge is -2.28. The standard InChI is InChI=1S/C17H24N2O6/c1-3-25-14-9-12(6-7-13(14)23-2)18-17(22)19-15(16(20)21)11-5-4-8-24-10-11/h6-7,9,11,15H,3-5,8,10H2,1-2H3,(H,20,21)(H2,18,19,22)/t11-,15-/m0/s1. The van der Waals surface area contributed by atoms with E-state index in [0.29, 0.717) is 43.4 Å². The molecule has 1 aliphatic rings. The zero-order chi connectivity index (χ0) is 18.2. The van der Waals surface area contributed by atoms with Crippen LogP contribution in [-0.4, -0.2) is 50.1 Å². The zero-order valence-electron chi connectivity index (χ0n) is 14.4. The molecule has 1 aromatic carbocycles. The van der Waals surface area contributed by atoms with E-state index < -0.39 is 18.0 Å². The number of carbonyl (C=O) groups excluding carboxylic acids is 1. The quantitative estimate of drug-likeness (QED) is 0.694. The zero-order valence-corrected chi connectivity index (χ0v) is 14.4. The minimum atomic E-state index is -1.07. The van der Waals surface area contributed by atoms with Crippen molar-refractivity contribution in [2.45, 2.75) is 25.8 Å². The summed E-state index contributed by atoms with van der Waals surface area (Å²) < 4.78 is 16.0. The van der Waals surface area contributed by atoms with Gasteiger partial charge < -0.3 is 30.0 Å². The lowest BCUT2D eigenvalue weighted by molar-refractivity contribution is -0.142. The van der Waals surface area contributed by atoms with E-state index in [1.54, 1.807) is 18.2 Å². The van der Waals surface area contributed by atoms with Gasteiger partial charge in [0, 0.05) is 24.3 Å². The van der Waals surface area contributed by atoms with Crippen LogP contribution in [0.2, 0.25) is 0 Å². The number of benzene rings is 1. The van der Waals surface area contributed by atoms with Crippen molar-refractivity contribution < 1.29 is 28.9 Å². The molecule has 2 atom stereocenters. The Kier molecular flexibility index (Phi) is 6.88. The molecule has 8 nitrogen and oxygen atoms in total. The van der Waals surface area contributed by atoms with Crippen molar-refractivity contribution in [2.24, 2.45) is 5.92 Å². The van der Waals surface area contributed by atoms with Crippen molar-refractivity contribution in [3.05, 3.63) is 18.2 Å². The second-order valence-corrected chi connectivity index (χ2v) is 5.69. The predicted octanol–water partition coefficient (Wildman–Crippen LogP) is 2.10. The molecule has 0 spiro atoms. The topological polar surface area (TPSA) is 106 Å². The first kappa shape index (κ1) is 18.9. The van der Waals surface area contributed by atoms with Crippen molar-refractivity contribution in [1.82, 2.24) is 5.32 Å². The number of carboxylic acid groups (broad SMARTS) is 1. The number of methoxy groups -OCH3 is 1. The summed E-state index contributed by atoms with van der Waals surface area (Å²) in [4.78, 5) is 23.7. The first-order valence-electron chi connectivity index (χ1n) is 8.24. The normalized spacial score (nSPS) is 18.1. The van der Waals surface area contributed by atoms with E-state index in [0.717, 1.165) is 6.42 Å². The van der Waals surface area contributed by atoms with Gasteiger partial charge >= 0.3 is 12.0 Å². The maximum atomic E-state index is 12.2. The van der Waals surface area contributed by atoms with Gasteiger partial charge in [-0.15, -0.1) is 0 Å². The van der Waals surface area contributed by atoms with Gasteiger partial charge in [-0.3, -0.25) is 0 Å². The first-order chi connectivity index (χ1) is 12.0. The van der Waals surface area contributed by atoms with Crippen LogP contribution in [0, 0.1) is 5.92 Å². The molecule has 2 amide bonds. The second kappa shape index (κ2) is 9.12. The highest BCUT2D eigenvalue weighted by Gasteiger charge is 2.31. The van der Waals surface area contributed by atoms with Crippen LogP contribution in [-0.2, 0) is 9.53 Å². The fourth-order valence-electron chi connectivity index (χ4n) is 2.74. The van der Waals surface area contributed by atoms with Gasteiger partial charge in [0.25, 0.3) is 0 Å². The number of urea groups is 1. The molecule has 0 saturated carbocycles. The van der Waals surface area contributed by atoms with Gasteiger partial charge in [-0.2, -0.15) is 0 Å². The summed E-state index contributed by atoms with van der Waals surface area (Å²) in [5.74, 6) is -0.268. The van der Waals surface area contributed by atoms with Crippen LogP contribution in [0.15, 0.2) is 18.2 Å². The smallest absolute Gasteiger partial charge is 0.326 e. The average molecular weight is 352 g/mol. The number of carbonyl (C=O) groups is 2. The van der Waals surface area contributed by atoms with Gasteiger partial charge in [0.05, 0.1) is 20.3 Å². The number of nitrogens with one attached hydrogen (secondary N) is 2. The predicted molar refractivity (Wildman–Crippen MR) is 91.3 cm³/mol. The molecule has 0 aromatic heterocycles. The summed E-state index contributed by atoms with van der Waals surface area (Å²) in [6.45, 7) is 3.25. The van der Waals surface area contributed by atoms with E-state index in [2.05, 4.69) is 10.6 Å². The third-order valence-corrected chi connectivity index (χ3v) is 3.94. The molecule has 25 heavy (non-hydrogen) atoms. The summed E-state index contributed by atoms with van der Waals surface area (Å²) in [6.07, 6.45) is 1.49. The third-order valence-electron chi connectivity index (χ3n) is 3.94. The van der Waals surface area contributed by atoms with E-state index in [-0.39, 0.29) is 5.92 Å². The van der Waals surface area contributed by atoms with Crippen LogP contribution in [0.25, 0.3) is 0 Å². The number of hydrogen-bond acceptors (Lipinski definition) is 5. The SMILES string of the molecule is CCOc1cc(NC(=O)N[C@H](C(=O)O)[C@H]2CCCOC2)ccc1OC. The summed E-state index contributed by atoms with van der Waals surface area (Å²) in [5, 5.41) is 14.5. The molecule has 2 rings (SSSR count). The Labute approximate surface area is 146 Å². The molecule has 0 aliphatic carbocycles. The minimum Gasteiger partial charge on any atom is -0.493 e. The highest BCUT2D eigenvalue weighted by Crippen LogP contribution is 2.30. The molecule has 0 radical (unpaired) electrons. The Morgan fingerprint density at radius 1 is 1.40 bits per heavy atom. The van der Waals surface area contributed by atoms with E-state index in [1.807, 2.05) is 6.92 Å². The summed E-state index contributed by atoms with van der Waals surface area (Å²) in [5.41, 5.74) is 0.478. The van der Waals surface area contributed by atoms with Gasteiger partial charge in [-0.1, -0.05) is 0 Å². The van der Waals surface area contributed by atoms with Crippen LogP contribution in [0.1, 0.15) is 19.8 Å². The lowest BCUT2D eigenvalue weighted by Crippen LogP contribution is -2.49. The number of aliphatic carboxylic acids is 1. The molecule has 1 fully saturated rings. The van der Waals surface area contributed by atoms with E-state index in [4.69, 9.17) is 14.2 Å². The number of rotatable bonds is 7. The molecule has 3 N–H and O–H groups in total. The van der Waals surface area contributed by atoms with Crippen molar-refractivity contribution in [1.29, 1.82) is 0 Å². The summed E-state index contributed by atoms with van der Waals surface area (Å²) in [7, 11) is 1.53. The highest BCUT2D eigenvalue weighted by atomic mass is 16.5. The van der Waals surface area contributed by atoms with Crippen LogP contribution in [0.3, 0.4) is 0 Å². The van der Waals surface area contributed by atoms with Gasteiger partial charge in [0.15, 0.2) is 11.5 Å². The number of anilines is 1. The van der Waals surface area contributed by atoms with E-state index in [9.17, 15) is 14.7 Å². The molecular formula is C17H24N2O6. The minimum absolute atomic E-state index is 0.244. The molecule has 1 aliphatic heterocycles. The maximum Gasteiger partial charge on any atom is 0.326 e. The van der Waals surface area contributed by atoms with Crippen LogP contribution in [0.4, 0.5) is 10.5 Å². The molecular weight excluding hydrogens is 328 g/mol. The van der Waals surface area contributed by atoms with Crippen molar-refractivity contribution in [2.75, 3.05) is 32.2 Å². The van der Waals surface area contributed by atoms with Crippen molar-refractivity contribution >= 4 is 17.7 Å². The Balaban J connectivity index is 2.02. The maximum absolute atomic E-state index is 12.2. The molecule has 8 heteroatoms. The van der Waals surface area contributed by atoms with E-state index in [1.165, 1.54) is 7.11 Å². The van der Waals surface area contributed by atoms with E-state index >= 15 is 0 Å². The monoisotopic (exact) mass is 352 g/mol. The summed E-state index contributed by atoms with van der Waals surface area (Å²) in [6, 6.07) is 3.36. The Morgan fingerprint density at radius 3 is 2.80 bits per heavy atom. The van der Waals surface area contributed by atoms with Gasteiger partial charge in [-0.05, 0) is 31.9 Å².